The van der Waals surface area contributed by atoms with E-state index in [2.05, 4.69) is 25.6 Å². The van der Waals surface area contributed by atoms with Gasteiger partial charge in [0.2, 0.25) is 0 Å². The van der Waals surface area contributed by atoms with Crippen LogP contribution < -0.4 is 16.4 Å². The van der Waals surface area contributed by atoms with E-state index in [4.69, 9.17) is 5.73 Å². The molecular weight excluding hydrogens is 355 g/mol. The number of hydrogen-bond acceptors (Lipinski definition) is 4. The molecule has 1 fully saturated rings. The highest BCUT2D eigenvalue weighted by atomic mass is 127. The lowest BCUT2D eigenvalue weighted by Gasteiger charge is -2.12. The van der Waals surface area contributed by atoms with Gasteiger partial charge in [-0.1, -0.05) is 12.8 Å². The second kappa shape index (κ2) is 8.89. The maximum absolute atomic E-state index is 5.82. The zero-order valence-electron chi connectivity index (χ0n) is 10.9. The summed E-state index contributed by atoms with van der Waals surface area (Å²) in [6.45, 7) is 1.33. The average Bonchev–Trinajstić information content (AvgIpc) is 2.89. The van der Waals surface area contributed by atoms with Crippen LogP contribution >= 0.6 is 24.0 Å². The third-order valence-electron chi connectivity index (χ3n) is 2.97. The molecule has 0 unspecified atom stereocenters. The second-order valence-electron chi connectivity index (χ2n) is 4.41. The molecule has 0 amide bonds. The van der Waals surface area contributed by atoms with E-state index in [9.17, 15) is 0 Å². The van der Waals surface area contributed by atoms with Gasteiger partial charge in [-0.05, 0) is 12.8 Å². The second-order valence-corrected chi connectivity index (χ2v) is 4.41. The number of aliphatic imine (C=N–C) groups is 1. The summed E-state index contributed by atoms with van der Waals surface area (Å²) < 4.78 is 0. The summed E-state index contributed by atoms with van der Waals surface area (Å²) in [6.07, 6.45) is 9.97. The standard InChI is InChI=1S/C12H20N6.HI/c13-12(18-10-3-1-2-4-10)17-8-7-16-11-9-14-5-6-15-11;/h5-6,9-10H,1-4,7-8H2,(H,15,16)(H3,13,17,18);1H. The third kappa shape index (κ3) is 6.04. The van der Waals surface area contributed by atoms with E-state index in [0.717, 1.165) is 5.82 Å². The molecule has 1 aromatic rings. The Morgan fingerprint density at radius 1 is 1.37 bits per heavy atom. The van der Waals surface area contributed by atoms with Crippen molar-refractivity contribution in [1.82, 2.24) is 15.3 Å². The van der Waals surface area contributed by atoms with Gasteiger partial charge in [-0.25, -0.2) is 4.98 Å². The van der Waals surface area contributed by atoms with E-state index in [-0.39, 0.29) is 24.0 Å². The van der Waals surface area contributed by atoms with Crippen LogP contribution in [0.15, 0.2) is 23.6 Å². The molecule has 1 heterocycles. The molecule has 7 heteroatoms. The first-order chi connectivity index (χ1) is 8.84. The summed E-state index contributed by atoms with van der Waals surface area (Å²) in [5, 5.41) is 6.38. The molecule has 0 radical (unpaired) electrons. The monoisotopic (exact) mass is 376 g/mol. The molecule has 1 aliphatic carbocycles. The minimum Gasteiger partial charge on any atom is -0.370 e. The first-order valence-corrected chi connectivity index (χ1v) is 6.41. The zero-order valence-corrected chi connectivity index (χ0v) is 13.2. The SMILES string of the molecule is I.NC(=NCCNc1cnccn1)NC1CCCC1. The van der Waals surface area contributed by atoms with Crippen molar-refractivity contribution in [3.63, 3.8) is 0 Å². The van der Waals surface area contributed by atoms with Crippen LogP contribution in [0, 0.1) is 0 Å². The smallest absolute Gasteiger partial charge is 0.188 e. The van der Waals surface area contributed by atoms with E-state index >= 15 is 0 Å². The van der Waals surface area contributed by atoms with E-state index in [1.165, 1.54) is 25.7 Å². The van der Waals surface area contributed by atoms with E-state index in [0.29, 0.717) is 25.1 Å². The van der Waals surface area contributed by atoms with Crippen LogP contribution in [0.2, 0.25) is 0 Å². The number of guanidine groups is 1. The lowest BCUT2D eigenvalue weighted by atomic mass is 10.2. The van der Waals surface area contributed by atoms with E-state index in [1.54, 1.807) is 18.6 Å². The Morgan fingerprint density at radius 2 is 2.16 bits per heavy atom. The minimum absolute atomic E-state index is 0. The lowest BCUT2D eigenvalue weighted by Crippen LogP contribution is -2.38. The molecule has 106 valence electrons. The van der Waals surface area contributed by atoms with Crippen molar-refractivity contribution in [3.8, 4) is 0 Å². The Morgan fingerprint density at radius 3 is 2.84 bits per heavy atom. The van der Waals surface area contributed by atoms with Gasteiger partial charge in [0.15, 0.2) is 5.96 Å². The maximum atomic E-state index is 5.82. The minimum atomic E-state index is 0. The van der Waals surface area contributed by atoms with Crippen LogP contribution in [-0.2, 0) is 0 Å². The molecule has 1 aromatic heterocycles. The molecule has 6 nitrogen and oxygen atoms in total. The Hall–Kier alpha value is -1.12. The highest BCUT2D eigenvalue weighted by Gasteiger charge is 2.14. The van der Waals surface area contributed by atoms with Gasteiger partial charge in [0.1, 0.15) is 5.82 Å². The number of hydrogen-bond donors (Lipinski definition) is 3. The van der Waals surface area contributed by atoms with Crippen LogP contribution in [0.4, 0.5) is 5.82 Å². The molecule has 1 saturated carbocycles. The number of nitrogens with one attached hydrogen (secondary N) is 2. The molecular formula is C12H21IN6. The van der Waals surface area contributed by atoms with Crippen molar-refractivity contribution in [2.75, 3.05) is 18.4 Å². The molecule has 4 N–H and O–H groups in total. The third-order valence-corrected chi connectivity index (χ3v) is 2.97. The van der Waals surface area contributed by atoms with Crippen molar-refractivity contribution < 1.29 is 0 Å². The number of nitrogens with two attached hydrogens (primary N) is 1. The van der Waals surface area contributed by atoms with Gasteiger partial charge in [-0.2, -0.15) is 0 Å². The van der Waals surface area contributed by atoms with Crippen LogP contribution in [-0.4, -0.2) is 35.1 Å². The molecule has 19 heavy (non-hydrogen) atoms. The summed E-state index contributed by atoms with van der Waals surface area (Å²) in [7, 11) is 0. The van der Waals surface area contributed by atoms with Gasteiger partial charge in [0, 0.05) is 25.0 Å². The first-order valence-electron chi connectivity index (χ1n) is 6.41. The summed E-state index contributed by atoms with van der Waals surface area (Å²) >= 11 is 0. The zero-order chi connectivity index (χ0) is 12.6. The predicted molar refractivity (Wildman–Crippen MR) is 87.8 cm³/mol. The molecule has 0 saturated heterocycles. The van der Waals surface area contributed by atoms with Gasteiger partial charge in [0.05, 0.1) is 12.7 Å². The maximum Gasteiger partial charge on any atom is 0.188 e. The Balaban J connectivity index is 0.00000180. The van der Waals surface area contributed by atoms with Gasteiger partial charge < -0.3 is 16.4 Å². The fourth-order valence-corrected chi connectivity index (χ4v) is 2.08. The van der Waals surface area contributed by atoms with Crippen molar-refractivity contribution in [3.05, 3.63) is 18.6 Å². The number of aromatic nitrogens is 2. The highest BCUT2D eigenvalue weighted by Crippen LogP contribution is 2.17. The van der Waals surface area contributed by atoms with E-state index < -0.39 is 0 Å². The van der Waals surface area contributed by atoms with Crippen molar-refractivity contribution in [1.29, 1.82) is 0 Å². The summed E-state index contributed by atoms with van der Waals surface area (Å²) in [4.78, 5) is 12.4. The first kappa shape index (κ1) is 15.9. The van der Waals surface area contributed by atoms with Gasteiger partial charge in [-0.15, -0.1) is 24.0 Å². The number of rotatable bonds is 5. The van der Waals surface area contributed by atoms with Crippen LogP contribution in [0.3, 0.4) is 0 Å². The topological polar surface area (TPSA) is 88.2 Å². The molecule has 0 spiro atoms. The average molecular weight is 376 g/mol. The Labute approximate surface area is 130 Å². The van der Waals surface area contributed by atoms with Crippen molar-refractivity contribution in [2.24, 2.45) is 10.7 Å². The van der Waals surface area contributed by atoms with Crippen LogP contribution in [0.25, 0.3) is 0 Å². The molecule has 1 aliphatic rings. The fourth-order valence-electron chi connectivity index (χ4n) is 2.08. The quantitative estimate of drug-likeness (QED) is 0.313. The van der Waals surface area contributed by atoms with Crippen LogP contribution in [0.1, 0.15) is 25.7 Å². The molecule has 0 aromatic carbocycles. The van der Waals surface area contributed by atoms with Gasteiger partial charge >= 0.3 is 0 Å². The normalized spacial score (nSPS) is 15.9. The summed E-state index contributed by atoms with van der Waals surface area (Å²) in [6, 6.07) is 0.515. The summed E-state index contributed by atoms with van der Waals surface area (Å²) in [5.74, 6) is 1.30. The molecule has 0 atom stereocenters. The van der Waals surface area contributed by atoms with Gasteiger partial charge in [0.25, 0.3) is 0 Å². The predicted octanol–water partition coefficient (Wildman–Crippen LogP) is 1.35. The Bertz CT molecular complexity index is 377. The molecule has 0 bridgehead atoms. The fraction of sp³-hybridized carbons (Fsp3) is 0.583. The molecule has 0 aliphatic heterocycles. The largest absolute Gasteiger partial charge is 0.370 e. The number of halogens is 1. The van der Waals surface area contributed by atoms with Gasteiger partial charge in [-0.3, -0.25) is 9.98 Å². The van der Waals surface area contributed by atoms with Crippen LogP contribution in [0.5, 0.6) is 0 Å². The van der Waals surface area contributed by atoms with Crippen molar-refractivity contribution >= 4 is 35.8 Å². The Kier molecular flexibility index (Phi) is 7.46. The van der Waals surface area contributed by atoms with E-state index in [1.807, 2.05) is 0 Å². The number of anilines is 1. The van der Waals surface area contributed by atoms with Crippen molar-refractivity contribution in [2.45, 2.75) is 31.7 Å². The molecule has 2 rings (SSSR count). The highest BCUT2D eigenvalue weighted by molar-refractivity contribution is 14.0. The summed E-state index contributed by atoms with van der Waals surface area (Å²) in [5.41, 5.74) is 5.82. The number of nitrogens with zero attached hydrogens (tertiary/aromatic N) is 3. The lowest BCUT2D eigenvalue weighted by molar-refractivity contribution is 0.625.